The fraction of sp³-hybridized carbons (Fsp3) is 0.211. The molecule has 0 saturated carbocycles. The lowest BCUT2D eigenvalue weighted by molar-refractivity contribution is -0.138. The van der Waals surface area contributed by atoms with Gasteiger partial charge >= 0.3 is 6.18 Å². The van der Waals surface area contributed by atoms with Crippen LogP contribution in [0.2, 0.25) is 0 Å². The number of hydrogen-bond acceptors (Lipinski definition) is 3. The summed E-state index contributed by atoms with van der Waals surface area (Å²) in [6.45, 7) is 4.60. The first kappa shape index (κ1) is 20.7. The van der Waals surface area contributed by atoms with E-state index >= 15 is 0 Å². The van der Waals surface area contributed by atoms with Gasteiger partial charge in [-0.15, -0.1) is 6.58 Å². The molecule has 0 fully saturated rings. The topological polar surface area (TPSA) is 61.2 Å². The average Bonchev–Trinajstić information content (AvgIpc) is 2.60. The van der Waals surface area contributed by atoms with E-state index in [2.05, 4.69) is 6.58 Å². The first-order valence-electron chi connectivity index (χ1n) is 7.87. The Kier molecular flexibility index (Phi) is 6.08. The second-order valence-corrected chi connectivity index (χ2v) is 7.81. The Morgan fingerprint density at radius 1 is 1.22 bits per heavy atom. The van der Waals surface area contributed by atoms with Crippen molar-refractivity contribution in [2.75, 3.05) is 6.54 Å². The van der Waals surface area contributed by atoms with Gasteiger partial charge in [0, 0.05) is 13.1 Å². The lowest BCUT2D eigenvalue weighted by atomic mass is 10.1. The van der Waals surface area contributed by atoms with E-state index in [1.807, 2.05) is 6.07 Å². The van der Waals surface area contributed by atoms with E-state index in [0.29, 0.717) is 17.2 Å². The van der Waals surface area contributed by atoms with E-state index < -0.39 is 26.7 Å². The monoisotopic (exact) mass is 394 g/mol. The van der Waals surface area contributed by atoms with Crippen LogP contribution in [0.15, 0.2) is 60.0 Å². The van der Waals surface area contributed by atoms with Crippen molar-refractivity contribution in [1.29, 1.82) is 5.26 Å². The van der Waals surface area contributed by atoms with Crippen molar-refractivity contribution in [2.45, 2.75) is 24.5 Å². The van der Waals surface area contributed by atoms with E-state index in [-0.39, 0.29) is 18.7 Å². The third-order valence-corrected chi connectivity index (χ3v) is 5.71. The quantitative estimate of drug-likeness (QED) is 0.688. The molecule has 2 aromatic rings. The van der Waals surface area contributed by atoms with Crippen LogP contribution in [0.3, 0.4) is 0 Å². The Morgan fingerprint density at radius 2 is 1.93 bits per heavy atom. The van der Waals surface area contributed by atoms with Crippen LogP contribution >= 0.6 is 0 Å². The minimum absolute atomic E-state index is 0.0570. The first-order chi connectivity index (χ1) is 12.6. The molecule has 0 aliphatic rings. The molecule has 27 heavy (non-hydrogen) atoms. The summed E-state index contributed by atoms with van der Waals surface area (Å²) in [6.07, 6.45) is -3.30. The fourth-order valence-electron chi connectivity index (χ4n) is 2.55. The van der Waals surface area contributed by atoms with E-state index in [9.17, 15) is 21.6 Å². The van der Waals surface area contributed by atoms with Crippen LogP contribution in [0.1, 0.15) is 22.3 Å². The standard InChI is InChI=1S/C19H17F3N2O2S/c1-3-9-24(13-16-6-4-5-15(10-16)12-23)27(25,26)17-8-7-14(2)18(11-17)19(20,21)22/h3-8,10-11H,1,9,13H2,2H3. The normalized spacial score (nSPS) is 12.0. The van der Waals surface area contributed by atoms with Gasteiger partial charge in [0.25, 0.3) is 0 Å². The Bertz CT molecular complexity index is 993. The lowest BCUT2D eigenvalue weighted by Gasteiger charge is -2.22. The molecule has 0 radical (unpaired) electrons. The second kappa shape index (κ2) is 7.94. The molecule has 0 saturated heterocycles. The highest BCUT2D eigenvalue weighted by atomic mass is 32.2. The Labute approximate surface area is 156 Å². The molecule has 0 N–H and O–H groups in total. The molecule has 0 aromatic heterocycles. The van der Waals surface area contributed by atoms with Crippen molar-refractivity contribution in [3.63, 3.8) is 0 Å². The molecule has 2 rings (SSSR count). The highest BCUT2D eigenvalue weighted by molar-refractivity contribution is 7.89. The van der Waals surface area contributed by atoms with Crippen molar-refractivity contribution >= 4 is 10.0 Å². The molecule has 142 valence electrons. The SMILES string of the molecule is C=CCN(Cc1cccc(C#N)c1)S(=O)(=O)c1ccc(C)c(C(F)(F)F)c1. The number of benzene rings is 2. The van der Waals surface area contributed by atoms with Crippen LogP contribution in [-0.4, -0.2) is 19.3 Å². The molecule has 8 heteroatoms. The van der Waals surface area contributed by atoms with Crippen molar-refractivity contribution in [3.05, 3.63) is 77.4 Å². The maximum absolute atomic E-state index is 13.1. The predicted molar refractivity (Wildman–Crippen MR) is 95.1 cm³/mol. The Balaban J connectivity index is 2.47. The molecule has 0 heterocycles. The number of alkyl halides is 3. The first-order valence-corrected chi connectivity index (χ1v) is 9.31. The highest BCUT2D eigenvalue weighted by Crippen LogP contribution is 2.34. The van der Waals surface area contributed by atoms with Gasteiger partial charge in [-0.25, -0.2) is 8.42 Å². The highest BCUT2D eigenvalue weighted by Gasteiger charge is 2.34. The molecule has 2 aromatic carbocycles. The zero-order valence-corrected chi connectivity index (χ0v) is 15.3. The number of rotatable bonds is 6. The van der Waals surface area contributed by atoms with Gasteiger partial charge in [0.2, 0.25) is 10.0 Å². The third-order valence-electron chi connectivity index (χ3n) is 3.90. The van der Waals surface area contributed by atoms with Gasteiger partial charge in [-0.05, 0) is 42.3 Å². The van der Waals surface area contributed by atoms with Gasteiger partial charge < -0.3 is 0 Å². The predicted octanol–water partition coefficient (Wildman–Crippen LogP) is 4.26. The molecule has 0 unspecified atom stereocenters. The summed E-state index contributed by atoms with van der Waals surface area (Å²) in [5.41, 5.74) is -0.146. The number of nitriles is 1. The molecule has 0 aliphatic heterocycles. The second-order valence-electron chi connectivity index (χ2n) is 5.87. The molecule has 0 spiro atoms. The summed E-state index contributed by atoms with van der Waals surface area (Å²) < 4.78 is 66.3. The van der Waals surface area contributed by atoms with Crippen molar-refractivity contribution in [3.8, 4) is 6.07 Å². The minimum atomic E-state index is -4.65. The average molecular weight is 394 g/mol. The number of aryl methyl sites for hydroxylation is 1. The van der Waals surface area contributed by atoms with Crippen LogP contribution < -0.4 is 0 Å². The largest absolute Gasteiger partial charge is 0.416 e. The van der Waals surface area contributed by atoms with Gasteiger partial charge in [-0.2, -0.15) is 22.7 Å². The van der Waals surface area contributed by atoms with E-state index in [1.165, 1.54) is 19.1 Å². The summed E-state index contributed by atoms with van der Waals surface area (Å²) >= 11 is 0. The molecule has 0 aliphatic carbocycles. The summed E-state index contributed by atoms with van der Waals surface area (Å²) in [7, 11) is -4.20. The Morgan fingerprint density at radius 3 is 2.52 bits per heavy atom. The summed E-state index contributed by atoms with van der Waals surface area (Å²) in [4.78, 5) is -0.446. The lowest BCUT2D eigenvalue weighted by Crippen LogP contribution is -2.31. The number of hydrogen-bond donors (Lipinski definition) is 0. The molecule has 0 amide bonds. The number of nitrogens with zero attached hydrogens (tertiary/aromatic N) is 2. The number of sulfonamides is 1. The van der Waals surface area contributed by atoms with Gasteiger partial charge in [0.05, 0.1) is 22.1 Å². The number of halogens is 3. The smallest absolute Gasteiger partial charge is 0.207 e. The van der Waals surface area contributed by atoms with E-state index in [0.717, 1.165) is 16.4 Å². The molecular weight excluding hydrogens is 377 g/mol. The van der Waals surface area contributed by atoms with Gasteiger partial charge in [-0.3, -0.25) is 0 Å². The van der Waals surface area contributed by atoms with Crippen molar-refractivity contribution < 1.29 is 21.6 Å². The zero-order chi connectivity index (χ0) is 20.2. The van der Waals surface area contributed by atoms with Crippen molar-refractivity contribution in [1.82, 2.24) is 4.31 Å². The molecule has 4 nitrogen and oxygen atoms in total. The molecular formula is C19H17F3N2O2S. The summed E-state index contributed by atoms with van der Waals surface area (Å²) in [5.74, 6) is 0. The minimum Gasteiger partial charge on any atom is -0.207 e. The Hall–Kier alpha value is -2.63. The summed E-state index contributed by atoms with van der Waals surface area (Å²) in [6, 6.07) is 11.3. The van der Waals surface area contributed by atoms with Crippen LogP contribution in [0.4, 0.5) is 13.2 Å². The third kappa shape index (κ3) is 4.76. The van der Waals surface area contributed by atoms with Crippen LogP contribution in [0, 0.1) is 18.3 Å². The van der Waals surface area contributed by atoms with Crippen LogP contribution in [-0.2, 0) is 22.7 Å². The van der Waals surface area contributed by atoms with Gasteiger partial charge in [0.15, 0.2) is 0 Å². The van der Waals surface area contributed by atoms with Crippen molar-refractivity contribution in [2.24, 2.45) is 0 Å². The maximum atomic E-state index is 13.1. The van der Waals surface area contributed by atoms with E-state index in [1.54, 1.807) is 18.2 Å². The molecule has 0 bridgehead atoms. The van der Waals surface area contributed by atoms with Crippen LogP contribution in [0.5, 0.6) is 0 Å². The maximum Gasteiger partial charge on any atom is 0.416 e. The van der Waals surface area contributed by atoms with Gasteiger partial charge in [-0.1, -0.05) is 24.3 Å². The summed E-state index contributed by atoms with van der Waals surface area (Å²) in [5, 5.41) is 8.97. The van der Waals surface area contributed by atoms with Crippen LogP contribution in [0.25, 0.3) is 0 Å². The van der Waals surface area contributed by atoms with E-state index in [4.69, 9.17) is 5.26 Å². The van der Waals surface area contributed by atoms with Gasteiger partial charge in [0.1, 0.15) is 0 Å². The zero-order valence-electron chi connectivity index (χ0n) is 14.5. The molecule has 0 atom stereocenters. The fourth-order valence-corrected chi connectivity index (χ4v) is 3.98.